The summed E-state index contributed by atoms with van der Waals surface area (Å²) in [6.07, 6.45) is 1.42. The lowest BCUT2D eigenvalue weighted by Crippen LogP contribution is -2.43. The van der Waals surface area contributed by atoms with Crippen LogP contribution in [-0.2, 0) is 30.3 Å². The molecule has 1 N–H and O–H groups in total. The number of dihydropyridines is 1. The number of Topliss-reactive ketones (excluding diaryl/α,β-unsaturated/α-hetero) is 1. The first-order valence-electron chi connectivity index (χ1n) is 10.4. The van der Waals surface area contributed by atoms with Gasteiger partial charge in [-0.25, -0.2) is 4.79 Å². The molecule has 1 aromatic carbocycles. The van der Waals surface area contributed by atoms with E-state index in [1.807, 2.05) is 38.1 Å². The molecule has 0 spiro atoms. The van der Waals surface area contributed by atoms with Crippen molar-refractivity contribution in [3.05, 3.63) is 57.9 Å². The summed E-state index contributed by atoms with van der Waals surface area (Å²) in [4.78, 5) is 38.8. The van der Waals surface area contributed by atoms with Gasteiger partial charge in [-0.3, -0.25) is 9.59 Å². The number of rotatable bonds is 5. The summed E-state index contributed by atoms with van der Waals surface area (Å²) >= 11 is 0. The summed E-state index contributed by atoms with van der Waals surface area (Å²) in [7, 11) is 1.29. The maximum atomic E-state index is 13.5. The highest BCUT2D eigenvalue weighted by molar-refractivity contribution is 6.12. The molecule has 1 heterocycles. The fraction of sp³-hybridized carbons (Fsp3) is 0.458. The van der Waals surface area contributed by atoms with Crippen LogP contribution in [0.25, 0.3) is 0 Å². The summed E-state index contributed by atoms with van der Waals surface area (Å²) in [6.45, 7) is 7.75. The van der Waals surface area contributed by atoms with Gasteiger partial charge >= 0.3 is 11.9 Å². The van der Waals surface area contributed by atoms with Gasteiger partial charge in [0, 0.05) is 22.9 Å². The van der Waals surface area contributed by atoms with Gasteiger partial charge in [0.25, 0.3) is 0 Å². The number of carbonyl (C=O) groups excluding carboxylic acids is 3. The molecule has 0 fully saturated rings. The Morgan fingerprint density at radius 1 is 1.17 bits per heavy atom. The highest BCUT2D eigenvalue weighted by Crippen LogP contribution is 2.45. The van der Waals surface area contributed by atoms with E-state index in [2.05, 4.69) is 12.2 Å². The average Bonchev–Trinajstić information content (AvgIpc) is 2.72. The number of allylic oxidation sites excluding steroid dienone is 3. The Morgan fingerprint density at radius 2 is 1.83 bits per heavy atom. The molecule has 0 saturated carbocycles. The largest absolute Gasteiger partial charge is 0.468 e. The molecule has 0 radical (unpaired) electrons. The molecular weight excluding hydrogens is 382 g/mol. The van der Waals surface area contributed by atoms with Gasteiger partial charge in [0.1, 0.15) is 5.92 Å². The predicted octanol–water partition coefficient (Wildman–Crippen LogP) is 3.43. The van der Waals surface area contributed by atoms with Crippen molar-refractivity contribution in [3.8, 4) is 0 Å². The standard InChI is InChI=1S/C24H29NO5/c1-6-15-8-10-16(11-9-15)20-19(24(28)30-7-2)14(4)25-17-12-13(3)18(23(27)29-5)22(26)21(17)20/h8-11,13,18,20,25H,6-7,12H2,1-5H3/t13-,18-,20-/m1/s1. The molecule has 6 nitrogen and oxygen atoms in total. The van der Waals surface area contributed by atoms with Crippen LogP contribution >= 0.6 is 0 Å². The molecule has 0 saturated heterocycles. The van der Waals surface area contributed by atoms with Crippen LogP contribution in [-0.4, -0.2) is 31.4 Å². The first-order valence-corrected chi connectivity index (χ1v) is 10.4. The topological polar surface area (TPSA) is 81.7 Å². The molecule has 1 aromatic rings. The maximum absolute atomic E-state index is 13.5. The minimum absolute atomic E-state index is 0.198. The number of hydrogen-bond acceptors (Lipinski definition) is 6. The minimum atomic E-state index is -0.880. The van der Waals surface area contributed by atoms with Gasteiger partial charge < -0.3 is 14.8 Å². The molecule has 0 bridgehead atoms. The van der Waals surface area contributed by atoms with E-state index in [0.717, 1.165) is 23.2 Å². The molecule has 3 rings (SSSR count). The number of benzene rings is 1. The lowest BCUT2D eigenvalue weighted by Gasteiger charge is -2.38. The van der Waals surface area contributed by atoms with Gasteiger partial charge in [-0.15, -0.1) is 0 Å². The zero-order valence-electron chi connectivity index (χ0n) is 18.2. The van der Waals surface area contributed by atoms with Crippen molar-refractivity contribution in [2.24, 2.45) is 11.8 Å². The fourth-order valence-electron chi connectivity index (χ4n) is 4.44. The zero-order valence-corrected chi connectivity index (χ0v) is 18.2. The summed E-state index contributed by atoms with van der Waals surface area (Å²) in [5, 5.41) is 3.25. The lowest BCUT2D eigenvalue weighted by atomic mass is 9.69. The van der Waals surface area contributed by atoms with Crippen molar-refractivity contribution in [2.75, 3.05) is 13.7 Å². The quantitative estimate of drug-likeness (QED) is 0.591. The van der Waals surface area contributed by atoms with Gasteiger partial charge in [-0.1, -0.05) is 38.1 Å². The number of hydrogen-bond donors (Lipinski definition) is 1. The van der Waals surface area contributed by atoms with E-state index in [1.165, 1.54) is 7.11 Å². The Hall–Kier alpha value is -2.89. The number of aryl methyl sites for hydroxylation is 1. The first kappa shape index (κ1) is 21.8. The SMILES string of the molecule is CCOC(=O)C1=C(C)NC2=C(C(=O)[C@H](C(=O)OC)[C@H](C)C2)[C@@H]1c1ccc(CC)cc1. The van der Waals surface area contributed by atoms with Gasteiger partial charge in [-0.05, 0) is 43.7 Å². The zero-order chi connectivity index (χ0) is 22.0. The molecular formula is C24H29NO5. The van der Waals surface area contributed by atoms with Crippen LogP contribution in [0.4, 0.5) is 0 Å². The minimum Gasteiger partial charge on any atom is -0.468 e. The summed E-state index contributed by atoms with van der Waals surface area (Å²) in [5.41, 5.74) is 4.30. The number of ether oxygens (including phenoxy) is 2. The molecule has 0 aromatic heterocycles. The normalized spacial score (nSPS) is 23.6. The maximum Gasteiger partial charge on any atom is 0.336 e. The van der Waals surface area contributed by atoms with E-state index < -0.39 is 23.8 Å². The number of carbonyl (C=O) groups is 3. The predicted molar refractivity (Wildman–Crippen MR) is 112 cm³/mol. The average molecular weight is 411 g/mol. The van der Waals surface area contributed by atoms with Gasteiger partial charge in [0.15, 0.2) is 5.78 Å². The molecule has 0 amide bonds. The van der Waals surface area contributed by atoms with Crippen molar-refractivity contribution in [1.29, 1.82) is 0 Å². The Bertz CT molecular complexity index is 925. The highest BCUT2D eigenvalue weighted by atomic mass is 16.5. The Morgan fingerprint density at radius 3 is 2.40 bits per heavy atom. The third-order valence-electron chi connectivity index (χ3n) is 5.96. The van der Waals surface area contributed by atoms with Crippen LogP contribution in [0, 0.1) is 11.8 Å². The van der Waals surface area contributed by atoms with Crippen LogP contribution in [0.15, 0.2) is 46.8 Å². The van der Waals surface area contributed by atoms with E-state index >= 15 is 0 Å². The van der Waals surface area contributed by atoms with Gasteiger partial charge in [0.2, 0.25) is 0 Å². The summed E-state index contributed by atoms with van der Waals surface area (Å²) < 4.78 is 10.2. The molecule has 6 heteroatoms. The molecule has 1 aliphatic carbocycles. The van der Waals surface area contributed by atoms with E-state index in [1.54, 1.807) is 6.92 Å². The van der Waals surface area contributed by atoms with Crippen LogP contribution in [0.1, 0.15) is 51.2 Å². The van der Waals surface area contributed by atoms with E-state index in [0.29, 0.717) is 23.3 Å². The second-order valence-electron chi connectivity index (χ2n) is 7.85. The number of nitrogens with one attached hydrogen (secondary N) is 1. The second kappa shape index (κ2) is 8.86. The molecule has 3 atom stereocenters. The molecule has 1 aliphatic heterocycles. The fourth-order valence-corrected chi connectivity index (χ4v) is 4.44. The van der Waals surface area contributed by atoms with E-state index in [9.17, 15) is 14.4 Å². The second-order valence-corrected chi connectivity index (χ2v) is 7.85. The Labute approximate surface area is 177 Å². The molecule has 0 unspecified atom stereocenters. The van der Waals surface area contributed by atoms with Gasteiger partial charge in [0.05, 0.1) is 19.3 Å². The van der Waals surface area contributed by atoms with Crippen LogP contribution < -0.4 is 5.32 Å². The Kier molecular flexibility index (Phi) is 6.44. The summed E-state index contributed by atoms with van der Waals surface area (Å²) in [6, 6.07) is 7.90. The van der Waals surface area contributed by atoms with E-state index in [4.69, 9.17) is 9.47 Å². The van der Waals surface area contributed by atoms with Crippen molar-refractivity contribution in [1.82, 2.24) is 5.32 Å². The monoisotopic (exact) mass is 411 g/mol. The van der Waals surface area contributed by atoms with Crippen LogP contribution in [0.5, 0.6) is 0 Å². The van der Waals surface area contributed by atoms with Crippen molar-refractivity contribution >= 4 is 17.7 Å². The van der Waals surface area contributed by atoms with Crippen molar-refractivity contribution in [2.45, 2.75) is 46.5 Å². The van der Waals surface area contributed by atoms with Crippen molar-refractivity contribution < 1.29 is 23.9 Å². The molecule has 2 aliphatic rings. The first-order chi connectivity index (χ1) is 14.3. The molecule has 160 valence electrons. The summed E-state index contributed by atoms with van der Waals surface area (Å²) in [5.74, 6) is -2.95. The van der Waals surface area contributed by atoms with E-state index in [-0.39, 0.29) is 18.3 Å². The number of esters is 2. The van der Waals surface area contributed by atoms with Gasteiger partial charge in [-0.2, -0.15) is 0 Å². The van der Waals surface area contributed by atoms with Crippen LogP contribution in [0.2, 0.25) is 0 Å². The smallest absolute Gasteiger partial charge is 0.336 e. The number of ketones is 1. The highest BCUT2D eigenvalue weighted by Gasteiger charge is 2.47. The Balaban J connectivity index is 2.17. The lowest BCUT2D eigenvalue weighted by molar-refractivity contribution is -0.151. The molecule has 30 heavy (non-hydrogen) atoms. The number of methoxy groups -OCH3 is 1. The van der Waals surface area contributed by atoms with Crippen molar-refractivity contribution in [3.63, 3.8) is 0 Å². The van der Waals surface area contributed by atoms with Crippen LogP contribution in [0.3, 0.4) is 0 Å². The third kappa shape index (κ3) is 3.78. The third-order valence-corrected chi connectivity index (χ3v) is 5.96.